The topological polar surface area (TPSA) is 45.6 Å². The predicted octanol–water partition coefficient (Wildman–Crippen LogP) is 2.93. The van der Waals surface area contributed by atoms with Gasteiger partial charge in [-0.15, -0.1) is 0 Å². The van der Waals surface area contributed by atoms with Crippen LogP contribution in [0.15, 0.2) is 36.7 Å². The van der Waals surface area contributed by atoms with E-state index in [-0.39, 0.29) is 0 Å². The Morgan fingerprint density at radius 2 is 2.10 bits per heavy atom. The number of aromatic amines is 1. The number of H-pyrrole nitrogens is 1. The van der Waals surface area contributed by atoms with Gasteiger partial charge in [-0.25, -0.2) is 0 Å². The number of nitrogens with zero attached hydrogens (tertiary/aromatic N) is 2. The maximum absolute atomic E-state index is 4.06. The van der Waals surface area contributed by atoms with Crippen molar-refractivity contribution in [2.75, 3.05) is 6.54 Å². The van der Waals surface area contributed by atoms with Gasteiger partial charge in [-0.1, -0.05) is 18.2 Å². The summed E-state index contributed by atoms with van der Waals surface area (Å²) < 4.78 is 2.20. The minimum absolute atomic E-state index is 0.922. The number of hydrogen-bond acceptors (Lipinski definition) is 2. The average Bonchev–Trinajstić information content (AvgIpc) is 3.04. The van der Waals surface area contributed by atoms with Crippen LogP contribution in [-0.2, 0) is 20.0 Å². The molecule has 2 heterocycles. The monoisotopic (exact) mass is 282 g/mol. The molecule has 0 aliphatic rings. The van der Waals surface area contributed by atoms with E-state index in [1.165, 1.54) is 27.7 Å². The van der Waals surface area contributed by atoms with Gasteiger partial charge >= 0.3 is 0 Å². The average molecular weight is 282 g/mol. The molecule has 0 fully saturated rings. The maximum atomic E-state index is 4.06. The molecule has 2 N–H and O–H groups in total. The molecule has 0 aliphatic heterocycles. The molecule has 4 nitrogen and oxygen atoms in total. The number of fused-ring (bicyclic) bond motifs is 1. The molecular formula is C17H22N4. The van der Waals surface area contributed by atoms with Gasteiger partial charge in [-0.2, -0.15) is 5.10 Å². The first-order valence-electron chi connectivity index (χ1n) is 7.48. The van der Waals surface area contributed by atoms with Crippen molar-refractivity contribution in [2.24, 2.45) is 7.05 Å². The summed E-state index contributed by atoms with van der Waals surface area (Å²) >= 11 is 0. The zero-order valence-electron chi connectivity index (χ0n) is 12.7. The minimum atomic E-state index is 0.922. The summed E-state index contributed by atoms with van der Waals surface area (Å²) in [4.78, 5) is 0. The van der Waals surface area contributed by atoms with E-state index < -0.39 is 0 Å². The molecule has 0 radical (unpaired) electrons. The number of hydrogen-bond donors (Lipinski definition) is 2. The number of rotatable bonds is 6. The van der Waals surface area contributed by atoms with E-state index in [2.05, 4.69) is 64.5 Å². The highest BCUT2D eigenvalue weighted by Crippen LogP contribution is 2.19. The van der Waals surface area contributed by atoms with Crippen molar-refractivity contribution in [3.05, 3.63) is 53.5 Å². The zero-order chi connectivity index (χ0) is 14.7. The highest BCUT2D eigenvalue weighted by atomic mass is 15.1. The molecule has 0 aliphatic carbocycles. The standard InChI is InChI=1S/C17H22N4/c1-13-14(11-19-20-13)6-5-9-18-10-15-12-21(2)17-8-4-3-7-16(15)17/h3-4,7-8,11-12,18H,5-6,9-10H2,1-2H3,(H,19,20). The third-order valence-corrected chi connectivity index (χ3v) is 4.03. The lowest BCUT2D eigenvalue weighted by Gasteiger charge is -2.04. The number of aryl methyl sites for hydroxylation is 3. The van der Waals surface area contributed by atoms with Crippen LogP contribution >= 0.6 is 0 Å². The summed E-state index contributed by atoms with van der Waals surface area (Å²) in [5, 5.41) is 11.9. The molecule has 0 spiro atoms. The summed E-state index contributed by atoms with van der Waals surface area (Å²) in [6, 6.07) is 8.56. The van der Waals surface area contributed by atoms with Crippen LogP contribution in [0.25, 0.3) is 10.9 Å². The van der Waals surface area contributed by atoms with Gasteiger partial charge in [-0.3, -0.25) is 5.10 Å². The van der Waals surface area contributed by atoms with Crippen LogP contribution in [0.2, 0.25) is 0 Å². The molecule has 1 aromatic carbocycles. The Bertz CT molecular complexity index is 723. The lowest BCUT2D eigenvalue weighted by atomic mass is 10.1. The largest absolute Gasteiger partial charge is 0.350 e. The van der Waals surface area contributed by atoms with E-state index in [4.69, 9.17) is 0 Å². The number of benzene rings is 1. The first-order chi connectivity index (χ1) is 10.3. The van der Waals surface area contributed by atoms with Crippen molar-refractivity contribution < 1.29 is 0 Å². The van der Waals surface area contributed by atoms with E-state index in [9.17, 15) is 0 Å². The van der Waals surface area contributed by atoms with Crippen LogP contribution in [0.1, 0.15) is 23.2 Å². The molecular weight excluding hydrogens is 260 g/mol. The predicted molar refractivity (Wildman–Crippen MR) is 86.3 cm³/mol. The lowest BCUT2D eigenvalue weighted by Crippen LogP contribution is -2.15. The van der Waals surface area contributed by atoms with Crippen molar-refractivity contribution in [3.8, 4) is 0 Å². The van der Waals surface area contributed by atoms with Crippen molar-refractivity contribution >= 4 is 10.9 Å². The Morgan fingerprint density at radius 3 is 2.90 bits per heavy atom. The van der Waals surface area contributed by atoms with Crippen LogP contribution in [-0.4, -0.2) is 21.3 Å². The van der Waals surface area contributed by atoms with Crippen molar-refractivity contribution in [1.82, 2.24) is 20.1 Å². The fourth-order valence-electron chi connectivity index (χ4n) is 2.82. The zero-order valence-corrected chi connectivity index (χ0v) is 12.7. The number of aromatic nitrogens is 3. The van der Waals surface area contributed by atoms with Crippen LogP contribution in [0.3, 0.4) is 0 Å². The van der Waals surface area contributed by atoms with E-state index in [0.29, 0.717) is 0 Å². The first-order valence-corrected chi connectivity index (χ1v) is 7.48. The quantitative estimate of drug-likeness (QED) is 0.683. The fourth-order valence-corrected chi connectivity index (χ4v) is 2.82. The highest BCUT2D eigenvalue weighted by molar-refractivity contribution is 5.83. The van der Waals surface area contributed by atoms with E-state index in [0.717, 1.165) is 25.9 Å². The normalized spacial score (nSPS) is 11.3. The summed E-state index contributed by atoms with van der Waals surface area (Å²) in [7, 11) is 2.10. The molecule has 0 amide bonds. The highest BCUT2D eigenvalue weighted by Gasteiger charge is 2.05. The van der Waals surface area contributed by atoms with Gasteiger partial charge < -0.3 is 9.88 Å². The molecule has 4 heteroatoms. The molecule has 0 saturated carbocycles. The SMILES string of the molecule is Cc1[nH]ncc1CCCNCc1cn(C)c2ccccc12. The van der Waals surface area contributed by atoms with Gasteiger partial charge in [0.05, 0.1) is 6.20 Å². The van der Waals surface area contributed by atoms with Gasteiger partial charge in [0.2, 0.25) is 0 Å². The Kier molecular flexibility index (Phi) is 4.06. The Balaban J connectivity index is 1.52. The molecule has 21 heavy (non-hydrogen) atoms. The summed E-state index contributed by atoms with van der Waals surface area (Å²) in [5.41, 5.74) is 5.17. The van der Waals surface area contributed by atoms with Crippen LogP contribution < -0.4 is 5.32 Å². The second kappa shape index (κ2) is 6.14. The molecule has 110 valence electrons. The molecule has 3 rings (SSSR count). The van der Waals surface area contributed by atoms with Gasteiger partial charge in [0.15, 0.2) is 0 Å². The van der Waals surface area contributed by atoms with Crippen molar-refractivity contribution in [3.63, 3.8) is 0 Å². The second-order valence-corrected chi connectivity index (χ2v) is 5.58. The molecule has 0 bridgehead atoms. The van der Waals surface area contributed by atoms with E-state index >= 15 is 0 Å². The smallest absolute Gasteiger partial charge is 0.0522 e. The second-order valence-electron chi connectivity index (χ2n) is 5.58. The number of nitrogens with one attached hydrogen (secondary N) is 2. The Labute approximate surface area is 125 Å². The first kappa shape index (κ1) is 13.9. The van der Waals surface area contributed by atoms with Crippen molar-refractivity contribution in [1.29, 1.82) is 0 Å². The Morgan fingerprint density at radius 1 is 1.24 bits per heavy atom. The lowest BCUT2D eigenvalue weighted by molar-refractivity contribution is 0.649. The molecule has 0 atom stereocenters. The van der Waals surface area contributed by atoms with Crippen molar-refractivity contribution in [2.45, 2.75) is 26.3 Å². The van der Waals surface area contributed by atoms with Gasteiger partial charge in [-0.05, 0) is 43.5 Å². The maximum Gasteiger partial charge on any atom is 0.0522 e. The van der Waals surface area contributed by atoms with Gasteiger partial charge in [0.25, 0.3) is 0 Å². The summed E-state index contributed by atoms with van der Waals surface area (Å²) in [5.74, 6) is 0. The van der Waals surface area contributed by atoms with Crippen LogP contribution in [0, 0.1) is 6.92 Å². The third-order valence-electron chi connectivity index (χ3n) is 4.03. The molecule has 0 saturated heterocycles. The van der Waals surface area contributed by atoms with Crippen LogP contribution in [0.5, 0.6) is 0 Å². The van der Waals surface area contributed by atoms with Crippen LogP contribution in [0.4, 0.5) is 0 Å². The van der Waals surface area contributed by atoms with Gasteiger partial charge in [0, 0.05) is 36.4 Å². The fraction of sp³-hybridized carbons (Fsp3) is 0.353. The molecule has 0 unspecified atom stereocenters. The Hall–Kier alpha value is -2.07. The number of para-hydroxylation sites is 1. The van der Waals surface area contributed by atoms with Gasteiger partial charge in [0.1, 0.15) is 0 Å². The molecule has 3 aromatic rings. The summed E-state index contributed by atoms with van der Waals surface area (Å²) in [6.45, 7) is 4.02. The third kappa shape index (κ3) is 3.00. The summed E-state index contributed by atoms with van der Waals surface area (Å²) in [6.07, 6.45) is 6.36. The molecule has 2 aromatic heterocycles. The van der Waals surface area contributed by atoms with E-state index in [1.54, 1.807) is 0 Å². The minimum Gasteiger partial charge on any atom is -0.350 e. The van der Waals surface area contributed by atoms with E-state index in [1.807, 2.05) is 6.20 Å².